The van der Waals surface area contributed by atoms with Crippen molar-refractivity contribution in [1.29, 1.82) is 0 Å². The van der Waals surface area contributed by atoms with Crippen molar-refractivity contribution in [2.75, 3.05) is 13.1 Å². The van der Waals surface area contributed by atoms with E-state index in [1.54, 1.807) is 6.07 Å². The normalized spacial score (nSPS) is 26.3. The van der Waals surface area contributed by atoms with Crippen molar-refractivity contribution in [3.8, 4) is 0 Å². The average Bonchev–Trinajstić information content (AvgIpc) is 2.55. The predicted molar refractivity (Wildman–Crippen MR) is 106 cm³/mol. The minimum Gasteiger partial charge on any atom is -0.312 e. The van der Waals surface area contributed by atoms with Crippen molar-refractivity contribution >= 4 is 8.07 Å². The highest BCUT2D eigenvalue weighted by molar-refractivity contribution is 6.76. The Labute approximate surface area is 151 Å². The van der Waals surface area contributed by atoms with Gasteiger partial charge in [-0.25, -0.2) is 0 Å². The minimum atomic E-state index is -1.50. The molecule has 0 amide bonds. The van der Waals surface area contributed by atoms with E-state index in [1.165, 1.54) is 17.7 Å². The fourth-order valence-corrected chi connectivity index (χ4v) is 7.81. The first-order valence-electron chi connectivity index (χ1n) is 9.41. The molecule has 0 saturated carbocycles. The second-order valence-electron chi connectivity index (χ2n) is 8.84. The predicted octanol–water partition coefficient (Wildman–Crippen LogP) is 3.89. The van der Waals surface area contributed by atoms with E-state index < -0.39 is 8.07 Å². The first-order chi connectivity index (χ1) is 11.9. The molecule has 0 radical (unpaired) electrons. The minimum absolute atomic E-state index is 0.205. The van der Waals surface area contributed by atoms with Gasteiger partial charge in [-0.2, -0.15) is 0 Å². The number of hydrogen-bond donors (Lipinski definition) is 0. The zero-order chi connectivity index (χ0) is 17.6. The van der Waals surface area contributed by atoms with E-state index in [-0.39, 0.29) is 5.56 Å². The summed E-state index contributed by atoms with van der Waals surface area (Å²) < 4.78 is 2.19. The molecular formula is C21H28N2OSi. The van der Waals surface area contributed by atoms with Crippen molar-refractivity contribution < 1.29 is 0 Å². The molecule has 1 saturated heterocycles. The van der Waals surface area contributed by atoms with E-state index in [0.717, 1.165) is 19.6 Å². The van der Waals surface area contributed by atoms with Gasteiger partial charge in [-0.05, 0) is 24.0 Å². The summed E-state index contributed by atoms with van der Waals surface area (Å²) in [5.74, 6) is 1.09. The molecule has 2 aliphatic rings. The summed E-state index contributed by atoms with van der Waals surface area (Å²) >= 11 is 0. The average molecular weight is 353 g/mol. The van der Waals surface area contributed by atoms with Gasteiger partial charge in [0.2, 0.25) is 0 Å². The molecule has 0 spiro atoms. The third kappa shape index (κ3) is 3.13. The van der Waals surface area contributed by atoms with Crippen molar-refractivity contribution in [3.05, 3.63) is 70.1 Å². The lowest BCUT2D eigenvalue weighted by atomic mass is 9.82. The van der Waals surface area contributed by atoms with Crippen LogP contribution in [0.4, 0.5) is 0 Å². The first-order valence-corrected chi connectivity index (χ1v) is 13.0. The SMILES string of the molecule is C[Si](C)(C)[C@H]1[C@H]2C[C@H](CN(Cc3ccccc3)C2)c2cccc(=O)n21. The van der Waals surface area contributed by atoms with E-state index in [2.05, 4.69) is 65.5 Å². The maximum atomic E-state index is 12.7. The zero-order valence-electron chi connectivity index (χ0n) is 15.5. The molecular weight excluding hydrogens is 324 g/mol. The van der Waals surface area contributed by atoms with Gasteiger partial charge in [0.05, 0.1) is 8.07 Å². The number of rotatable bonds is 3. The second-order valence-corrected chi connectivity index (χ2v) is 14.2. The number of likely N-dealkylation sites (tertiary alicyclic amines) is 1. The van der Waals surface area contributed by atoms with Crippen LogP contribution in [0.2, 0.25) is 19.6 Å². The molecule has 25 heavy (non-hydrogen) atoms. The Morgan fingerprint density at radius 2 is 1.76 bits per heavy atom. The number of nitrogens with zero attached hydrogens (tertiary/aromatic N) is 2. The molecule has 4 heteroatoms. The quantitative estimate of drug-likeness (QED) is 0.783. The summed E-state index contributed by atoms with van der Waals surface area (Å²) in [6, 6.07) is 16.7. The summed E-state index contributed by atoms with van der Waals surface area (Å²) in [5.41, 5.74) is 3.27. The molecule has 1 aromatic carbocycles. The first kappa shape index (κ1) is 16.8. The number of piperidine rings is 1. The molecule has 2 aromatic rings. The Kier molecular flexibility index (Phi) is 4.20. The monoisotopic (exact) mass is 352 g/mol. The number of pyridine rings is 1. The molecule has 4 rings (SSSR count). The lowest BCUT2D eigenvalue weighted by Crippen LogP contribution is -2.55. The van der Waals surface area contributed by atoms with Crippen molar-refractivity contribution in [2.45, 2.75) is 44.2 Å². The van der Waals surface area contributed by atoms with Crippen LogP contribution in [0.3, 0.4) is 0 Å². The molecule has 1 aromatic heterocycles. The van der Waals surface area contributed by atoms with Gasteiger partial charge in [0.15, 0.2) is 0 Å². The van der Waals surface area contributed by atoms with Gasteiger partial charge >= 0.3 is 0 Å². The van der Waals surface area contributed by atoms with E-state index in [4.69, 9.17) is 0 Å². The molecule has 2 aliphatic heterocycles. The maximum absolute atomic E-state index is 12.7. The molecule has 3 atom stereocenters. The van der Waals surface area contributed by atoms with Crippen LogP contribution in [-0.2, 0) is 6.54 Å². The molecule has 0 N–H and O–H groups in total. The molecule has 1 fully saturated rings. The summed E-state index contributed by atoms with van der Waals surface area (Å²) in [6.07, 6.45) is 1.24. The summed E-state index contributed by atoms with van der Waals surface area (Å²) in [6.45, 7) is 10.4. The van der Waals surface area contributed by atoms with Gasteiger partial charge < -0.3 is 4.57 Å². The lowest BCUT2D eigenvalue weighted by Gasteiger charge is -2.50. The molecule has 2 bridgehead atoms. The summed E-state index contributed by atoms with van der Waals surface area (Å²) in [5, 5.41) is 0. The van der Waals surface area contributed by atoms with Crippen LogP contribution in [0.25, 0.3) is 0 Å². The largest absolute Gasteiger partial charge is 0.312 e. The second kappa shape index (κ2) is 6.26. The highest BCUT2D eigenvalue weighted by Gasteiger charge is 2.45. The van der Waals surface area contributed by atoms with Gasteiger partial charge in [0, 0.05) is 43.0 Å². The number of benzene rings is 1. The van der Waals surface area contributed by atoms with Crippen molar-refractivity contribution in [1.82, 2.24) is 9.47 Å². The van der Waals surface area contributed by atoms with E-state index in [9.17, 15) is 4.79 Å². The van der Waals surface area contributed by atoms with Crippen LogP contribution >= 0.6 is 0 Å². The molecule has 0 aliphatic carbocycles. The van der Waals surface area contributed by atoms with Crippen LogP contribution in [0, 0.1) is 5.92 Å². The van der Waals surface area contributed by atoms with Crippen LogP contribution in [0.15, 0.2) is 53.3 Å². The Balaban J connectivity index is 1.70. The molecule has 3 nitrogen and oxygen atoms in total. The smallest absolute Gasteiger partial charge is 0.250 e. The van der Waals surface area contributed by atoms with Gasteiger partial charge in [-0.15, -0.1) is 0 Å². The summed E-state index contributed by atoms with van der Waals surface area (Å²) in [7, 11) is -1.50. The van der Waals surface area contributed by atoms with Gasteiger partial charge in [0.1, 0.15) is 0 Å². The molecule has 132 valence electrons. The Hall–Kier alpha value is -1.65. The fraction of sp³-hybridized carbons (Fsp3) is 0.476. The number of fused-ring (bicyclic) bond motifs is 4. The van der Waals surface area contributed by atoms with Crippen molar-refractivity contribution in [3.63, 3.8) is 0 Å². The lowest BCUT2D eigenvalue weighted by molar-refractivity contribution is 0.106. The highest BCUT2D eigenvalue weighted by atomic mass is 28.3. The maximum Gasteiger partial charge on any atom is 0.250 e. The standard InChI is InChI=1S/C21H28N2OSi/c1-25(2,3)21-18-12-17(19-10-7-11-20(24)23(19)21)14-22(15-18)13-16-8-5-4-6-9-16/h4-11,17-18,21H,12-15H2,1-3H3/t17-,18+,21+/m1/s1. The summed E-state index contributed by atoms with van der Waals surface area (Å²) in [4.78, 5) is 15.3. The van der Waals surface area contributed by atoms with Gasteiger partial charge in [-0.1, -0.05) is 56.0 Å². The highest BCUT2D eigenvalue weighted by Crippen LogP contribution is 2.44. The number of aromatic nitrogens is 1. The van der Waals surface area contributed by atoms with Crippen molar-refractivity contribution in [2.24, 2.45) is 5.92 Å². The van der Waals surface area contributed by atoms with Crippen LogP contribution < -0.4 is 5.56 Å². The van der Waals surface area contributed by atoms with Gasteiger partial charge in [-0.3, -0.25) is 9.69 Å². The Morgan fingerprint density at radius 3 is 2.48 bits per heavy atom. The van der Waals surface area contributed by atoms with Crippen LogP contribution in [0.1, 0.15) is 29.3 Å². The van der Waals surface area contributed by atoms with E-state index >= 15 is 0 Å². The fourth-order valence-electron chi connectivity index (χ4n) is 5.10. The van der Waals surface area contributed by atoms with Crippen LogP contribution in [0.5, 0.6) is 0 Å². The topological polar surface area (TPSA) is 25.2 Å². The van der Waals surface area contributed by atoms with Crippen LogP contribution in [-0.4, -0.2) is 30.6 Å². The Morgan fingerprint density at radius 1 is 1.00 bits per heavy atom. The molecule has 3 heterocycles. The zero-order valence-corrected chi connectivity index (χ0v) is 16.5. The van der Waals surface area contributed by atoms with Gasteiger partial charge in [0.25, 0.3) is 5.56 Å². The van der Waals surface area contributed by atoms with E-state index in [0.29, 0.717) is 17.5 Å². The molecule has 0 unspecified atom stereocenters. The number of hydrogen-bond acceptors (Lipinski definition) is 2. The third-order valence-electron chi connectivity index (χ3n) is 5.86. The third-order valence-corrected chi connectivity index (χ3v) is 8.36. The van der Waals surface area contributed by atoms with E-state index in [1.807, 2.05) is 6.07 Å². The Bertz CT molecular complexity index is 809.